The van der Waals surface area contributed by atoms with E-state index >= 15 is 0 Å². The summed E-state index contributed by atoms with van der Waals surface area (Å²) in [5, 5.41) is 15.5. The lowest BCUT2D eigenvalue weighted by molar-refractivity contribution is 0.172. The maximum Gasteiger partial charge on any atom is 0.423 e. The molecular formula is C16H19IN2O4. The number of nitrogens with one attached hydrogen (secondary N) is 2. The van der Waals surface area contributed by atoms with Crippen LogP contribution in [0, 0.1) is 0 Å². The van der Waals surface area contributed by atoms with E-state index < -0.39 is 12.2 Å². The molecule has 6 nitrogen and oxygen atoms in total. The van der Waals surface area contributed by atoms with Gasteiger partial charge in [0.2, 0.25) is 0 Å². The van der Waals surface area contributed by atoms with Crippen LogP contribution in [-0.4, -0.2) is 22.4 Å². The lowest BCUT2D eigenvalue weighted by Crippen LogP contribution is -2.39. The van der Waals surface area contributed by atoms with Crippen molar-refractivity contribution in [2.75, 3.05) is 0 Å². The minimum absolute atomic E-state index is 0. The van der Waals surface area contributed by atoms with Gasteiger partial charge in [0.25, 0.3) is 0 Å². The lowest BCUT2D eigenvalue weighted by Gasteiger charge is -2.11. The number of hydrogen-bond acceptors (Lipinski definition) is 2. The summed E-state index contributed by atoms with van der Waals surface area (Å²) in [5.41, 5.74) is 5.57. The zero-order valence-electron chi connectivity index (χ0n) is 12.5. The van der Waals surface area contributed by atoms with Crippen molar-refractivity contribution in [3.63, 3.8) is 0 Å². The number of hydrogen-bond donors (Lipinski definition) is 4. The molecule has 23 heavy (non-hydrogen) atoms. The molecule has 7 heteroatoms. The van der Waals surface area contributed by atoms with Gasteiger partial charge < -0.3 is 10.2 Å². The van der Waals surface area contributed by atoms with E-state index in [1.807, 2.05) is 0 Å². The van der Waals surface area contributed by atoms with Crippen LogP contribution in [0.2, 0.25) is 0 Å². The van der Waals surface area contributed by atoms with Gasteiger partial charge >= 0.3 is 12.2 Å². The second-order valence-electron chi connectivity index (χ2n) is 4.40. The summed E-state index contributed by atoms with van der Waals surface area (Å²) in [6.07, 6.45) is -2.88. The molecule has 2 aromatic rings. The summed E-state index contributed by atoms with van der Waals surface area (Å²) >= 11 is 0. The third-order valence-electron chi connectivity index (χ3n) is 2.88. The van der Waals surface area contributed by atoms with E-state index in [9.17, 15) is 9.59 Å². The standard InChI is InChI=1S/C14H14.C2H4N2O4.HI/c1-12(13-8-4-2-5-9-13)14-10-6-3-7-11-14;5-1(6)3-4-2(7)8;/h2-12H,1H3;3-4H,(H,5,6)(H,7,8);1H. The van der Waals surface area contributed by atoms with E-state index in [4.69, 9.17) is 10.2 Å². The van der Waals surface area contributed by atoms with Crippen LogP contribution in [0.3, 0.4) is 0 Å². The van der Waals surface area contributed by atoms with Crippen LogP contribution < -0.4 is 10.9 Å². The first-order valence-corrected chi connectivity index (χ1v) is 6.58. The zero-order chi connectivity index (χ0) is 16.4. The van der Waals surface area contributed by atoms with Crippen LogP contribution in [0.4, 0.5) is 9.59 Å². The molecule has 124 valence electrons. The van der Waals surface area contributed by atoms with Crippen molar-refractivity contribution in [3.8, 4) is 0 Å². The van der Waals surface area contributed by atoms with E-state index in [-0.39, 0.29) is 24.0 Å². The molecule has 0 spiro atoms. The summed E-state index contributed by atoms with van der Waals surface area (Å²) < 4.78 is 0. The number of rotatable bonds is 2. The number of amides is 2. The van der Waals surface area contributed by atoms with Crippen molar-refractivity contribution in [1.82, 2.24) is 10.9 Å². The minimum atomic E-state index is -1.44. The van der Waals surface area contributed by atoms with E-state index in [1.165, 1.54) is 22.0 Å². The molecule has 0 aliphatic carbocycles. The van der Waals surface area contributed by atoms with Gasteiger partial charge in [-0.25, -0.2) is 20.4 Å². The van der Waals surface area contributed by atoms with Gasteiger partial charge in [-0.2, -0.15) is 0 Å². The van der Waals surface area contributed by atoms with Crippen molar-refractivity contribution in [2.45, 2.75) is 12.8 Å². The van der Waals surface area contributed by atoms with Gasteiger partial charge in [-0.1, -0.05) is 67.6 Å². The Morgan fingerprint density at radius 2 is 1.09 bits per heavy atom. The van der Waals surface area contributed by atoms with Crippen molar-refractivity contribution in [3.05, 3.63) is 71.8 Å². The van der Waals surface area contributed by atoms with Crippen LogP contribution in [-0.2, 0) is 0 Å². The average molecular weight is 430 g/mol. The van der Waals surface area contributed by atoms with Crippen molar-refractivity contribution >= 4 is 36.2 Å². The topological polar surface area (TPSA) is 98.7 Å². The molecule has 0 fully saturated rings. The molecule has 0 heterocycles. The molecule has 0 radical (unpaired) electrons. The van der Waals surface area contributed by atoms with Crippen molar-refractivity contribution in [2.24, 2.45) is 0 Å². The van der Waals surface area contributed by atoms with Gasteiger partial charge in [0.15, 0.2) is 0 Å². The molecule has 0 saturated carbocycles. The number of benzene rings is 2. The van der Waals surface area contributed by atoms with E-state index in [0.717, 1.165) is 0 Å². The van der Waals surface area contributed by atoms with Gasteiger partial charge in [0.1, 0.15) is 0 Å². The molecule has 0 saturated heterocycles. The molecule has 0 bridgehead atoms. The fraction of sp³-hybridized carbons (Fsp3) is 0.125. The largest absolute Gasteiger partial charge is 0.464 e. The predicted octanol–water partition coefficient (Wildman–Crippen LogP) is 3.89. The van der Waals surface area contributed by atoms with Gasteiger partial charge in [-0.05, 0) is 11.1 Å². The highest BCUT2D eigenvalue weighted by atomic mass is 127. The molecule has 0 aliphatic rings. The molecule has 2 rings (SSSR count). The number of carbonyl (C=O) groups is 2. The second-order valence-corrected chi connectivity index (χ2v) is 4.40. The van der Waals surface area contributed by atoms with Gasteiger partial charge in [-0.3, -0.25) is 0 Å². The maximum atomic E-state index is 9.47. The first kappa shape index (κ1) is 20.7. The molecule has 0 aliphatic heterocycles. The molecule has 2 aromatic carbocycles. The monoisotopic (exact) mass is 430 g/mol. The third kappa shape index (κ3) is 8.67. The first-order chi connectivity index (χ1) is 10.5. The average Bonchev–Trinajstić information content (AvgIpc) is 2.54. The van der Waals surface area contributed by atoms with Crippen LogP contribution >= 0.6 is 24.0 Å². The highest BCUT2D eigenvalue weighted by molar-refractivity contribution is 14.0. The summed E-state index contributed by atoms with van der Waals surface area (Å²) in [5.74, 6) is 0.484. The Labute approximate surface area is 151 Å². The van der Waals surface area contributed by atoms with Crippen molar-refractivity contribution < 1.29 is 19.8 Å². The smallest absolute Gasteiger partial charge is 0.423 e. The van der Waals surface area contributed by atoms with Crippen LogP contribution in [0.25, 0.3) is 0 Å². The Balaban J connectivity index is 0.000000469. The number of halogens is 1. The van der Waals surface area contributed by atoms with Gasteiger partial charge in [-0.15, -0.1) is 24.0 Å². The Bertz CT molecular complexity index is 540. The highest BCUT2D eigenvalue weighted by Gasteiger charge is 2.05. The Hall–Kier alpha value is -2.29. The molecule has 0 unspecified atom stereocenters. The first-order valence-electron chi connectivity index (χ1n) is 6.58. The van der Waals surface area contributed by atoms with E-state index in [2.05, 4.69) is 67.6 Å². The third-order valence-corrected chi connectivity index (χ3v) is 2.88. The van der Waals surface area contributed by atoms with Crippen LogP contribution in [0.1, 0.15) is 24.0 Å². The SMILES string of the molecule is CC(c1ccccc1)c1ccccc1.I.O=C(O)NNC(=O)O. The second kappa shape index (κ2) is 11.3. The van der Waals surface area contributed by atoms with E-state index in [0.29, 0.717) is 5.92 Å². The summed E-state index contributed by atoms with van der Waals surface area (Å²) in [6, 6.07) is 21.2. The quantitative estimate of drug-likeness (QED) is 0.429. The molecular weight excluding hydrogens is 411 g/mol. The molecule has 0 aromatic heterocycles. The normalized spacial score (nSPS) is 8.96. The molecule has 2 amide bonds. The Morgan fingerprint density at radius 3 is 1.35 bits per heavy atom. The molecule has 4 N–H and O–H groups in total. The van der Waals surface area contributed by atoms with Crippen molar-refractivity contribution in [1.29, 1.82) is 0 Å². The number of carboxylic acid groups (broad SMARTS) is 2. The van der Waals surface area contributed by atoms with Crippen LogP contribution in [0.15, 0.2) is 60.7 Å². The lowest BCUT2D eigenvalue weighted by atomic mass is 9.93. The van der Waals surface area contributed by atoms with Gasteiger partial charge in [0, 0.05) is 5.92 Å². The fourth-order valence-corrected chi connectivity index (χ4v) is 1.78. The molecule has 0 atom stereocenters. The summed E-state index contributed by atoms with van der Waals surface area (Å²) in [4.78, 5) is 18.9. The van der Waals surface area contributed by atoms with Gasteiger partial charge in [0.05, 0.1) is 0 Å². The Kier molecular flexibility index (Phi) is 10.2. The predicted molar refractivity (Wildman–Crippen MR) is 98.1 cm³/mol. The number of hydrazine groups is 1. The highest BCUT2D eigenvalue weighted by Crippen LogP contribution is 2.22. The minimum Gasteiger partial charge on any atom is -0.464 e. The Morgan fingerprint density at radius 1 is 0.783 bits per heavy atom. The fourth-order valence-electron chi connectivity index (χ4n) is 1.78. The summed E-state index contributed by atoms with van der Waals surface area (Å²) in [6.45, 7) is 2.24. The summed E-state index contributed by atoms with van der Waals surface area (Å²) in [7, 11) is 0. The van der Waals surface area contributed by atoms with E-state index in [1.54, 1.807) is 0 Å². The zero-order valence-corrected chi connectivity index (χ0v) is 14.8. The maximum absolute atomic E-state index is 9.47. The van der Waals surface area contributed by atoms with Crippen LogP contribution in [0.5, 0.6) is 0 Å².